The second-order valence-corrected chi connectivity index (χ2v) is 8.75. The zero-order valence-corrected chi connectivity index (χ0v) is 19.3. The molecule has 1 aromatic carbocycles. The van der Waals surface area contributed by atoms with E-state index in [0.717, 1.165) is 6.08 Å². The standard InChI is InChI=1S/C22H20Cl2F4N2O3/c1-4-30-16-6-11(2)5-15(20(32)33-3)14(16)8-17(30)19(31)29-18(22(26,27)28)12-7-13(23)10-21(24,25)9-12/h5-9,18H,4,10H2,1-3H3,(H,29,31). The van der Waals surface area contributed by atoms with Gasteiger partial charge in [0.05, 0.1) is 12.7 Å². The van der Waals surface area contributed by atoms with Gasteiger partial charge >= 0.3 is 12.1 Å². The van der Waals surface area contributed by atoms with Crippen LogP contribution in [0.25, 0.3) is 10.9 Å². The second kappa shape index (κ2) is 9.02. The molecule has 2 atom stereocenters. The van der Waals surface area contributed by atoms with Gasteiger partial charge in [0, 0.05) is 28.9 Å². The first-order valence-electron chi connectivity index (χ1n) is 9.83. The number of fused-ring (bicyclic) bond motifs is 1. The molecule has 0 radical (unpaired) electrons. The molecule has 3 rings (SSSR count). The Hall–Kier alpha value is -2.52. The molecule has 0 bridgehead atoms. The number of hydrogen-bond donors (Lipinski definition) is 1. The van der Waals surface area contributed by atoms with Gasteiger partial charge in [0.1, 0.15) is 5.69 Å². The Labute approximate surface area is 197 Å². The smallest absolute Gasteiger partial charge is 0.412 e. The van der Waals surface area contributed by atoms with Gasteiger partial charge in [0.25, 0.3) is 5.91 Å². The van der Waals surface area contributed by atoms with Crippen molar-refractivity contribution in [3.63, 3.8) is 0 Å². The maximum absolute atomic E-state index is 14.3. The summed E-state index contributed by atoms with van der Waals surface area (Å²) in [5.41, 5.74) is 0.630. The summed E-state index contributed by atoms with van der Waals surface area (Å²) in [7, 11) is 1.20. The summed E-state index contributed by atoms with van der Waals surface area (Å²) >= 11 is 11.4. The molecular weight excluding hydrogens is 487 g/mol. The van der Waals surface area contributed by atoms with Crippen LogP contribution in [0.2, 0.25) is 0 Å². The topological polar surface area (TPSA) is 60.3 Å². The number of methoxy groups -OCH3 is 1. The molecule has 1 N–H and O–H groups in total. The van der Waals surface area contributed by atoms with E-state index >= 15 is 0 Å². The number of hydrogen-bond acceptors (Lipinski definition) is 3. The Kier molecular flexibility index (Phi) is 6.87. The van der Waals surface area contributed by atoms with Crippen molar-refractivity contribution in [1.82, 2.24) is 9.88 Å². The molecular formula is C22H20Cl2F4N2O3. The van der Waals surface area contributed by atoms with E-state index in [1.54, 1.807) is 26.0 Å². The molecule has 2 aromatic rings. The maximum atomic E-state index is 14.3. The van der Waals surface area contributed by atoms with E-state index in [2.05, 4.69) is 0 Å². The summed E-state index contributed by atoms with van der Waals surface area (Å²) in [5, 5.41) is -0.554. The van der Waals surface area contributed by atoms with Crippen molar-refractivity contribution in [2.45, 2.75) is 44.2 Å². The number of aromatic nitrogens is 1. The fourth-order valence-corrected chi connectivity index (χ4v) is 4.48. The molecule has 1 heterocycles. The summed E-state index contributed by atoms with van der Waals surface area (Å²) in [5.74, 6) is -1.72. The fraction of sp³-hybridized carbons (Fsp3) is 0.364. The van der Waals surface area contributed by atoms with E-state index in [0.29, 0.717) is 22.5 Å². The van der Waals surface area contributed by atoms with Gasteiger partial charge in [-0.2, -0.15) is 13.2 Å². The van der Waals surface area contributed by atoms with Gasteiger partial charge in [-0.1, -0.05) is 23.2 Å². The van der Waals surface area contributed by atoms with Crippen LogP contribution in [0.1, 0.15) is 39.8 Å². The lowest BCUT2D eigenvalue weighted by Crippen LogP contribution is -2.47. The summed E-state index contributed by atoms with van der Waals surface area (Å²) in [6.45, 7) is 3.67. The number of nitrogens with one attached hydrogen (secondary N) is 1. The number of amides is 1. The first-order valence-corrected chi connectivity index (χ1v) is 10.6. The van der Waals surface area contributed by atoms with Crippen LogP contribution in [0.3, 0.4) is 0 Å². The van der Waals surface area contributed by atoms with Gasteiger partial charge in [-0.25, -0.2) is 9.18 Å². The van der Waals surface area contributed by atoms with Crippen molar-refractivity contribution in [2.75, 3.05) is 7.11 Å². The number of halogens is 6. The van der Waals surface area contributed by atoms with Crippen LogP contribution in [-0.2, 0) is 11.3 Å². The van der Waals surface area contributed by atoms with E-state index in [9.17, 15) is 27.2 Å². The zero-order chi connectivity index (χ0) is 24.7. The summed E-state index contributed by atoms with van der Waals surface area (Å²) in [4.78, 5) is 25.2. The SMILES string of the molecule is CCn1c(C(=O)NC(C2=CC(F)(Cl)CC(Cl)=C2)C(F)(F)F)cc2c(C(=O)OC)cc(C)cc21. The summed E-state index contributed by atoms with van der Waals surface area (Å²) < 4.78 is 62.1. The molecule has 1 aliphatic carbocycles. The predicted molar refractivity (Wildman–Crippen MR) is 117 cm³/mol. The Morgan fingerprint density at radius 1 is 1.30 bits per heavy atom. The lowest BCUT2D eigenvalue weighted by Gasteiger charge is -2.27. The van der Waals surface area contributed by atoms with Gasteiger partial charge in [0.15, 0.2) is 6.04 Å². The van der Waals surface area contributed by atoms with Crippen molar-refractivity contribution >= 4 is 46.0 Å². The maximum Gasteiger partial charge on any atom is 0.412 e. The minimum Gasteiger partial charge on any atom is -0.465 e. The molecule has 0 spiro atoms. The van der Waals surface area contributed by atoms with Crippen LogP contribution in [-0.4, -0.2) is 40.9 Å². The number of carbonyl (C=O) groups excluding carboxylic acids is 2. The number of aryl methyl sites for hydroxylation is 2. The minimum absolute atomic E-state index is 0.110. The molecule has 11 heteroatoms. The number of esters is 1. The molecule has 5 nitrogen and oxygen atoms in total. The van der Waals surface area contributed by atoms with Crippen LogP contribution < -0.4 is 5.32 Å². The average Bonchev–Trinajstić information content (AvgIpc) is 3.06. The van der Waals surface area contributed by atoms with E-state index < -0.39 is 41.2 Å². The number of nitrogens with zero attached hydrogens (tertiary/aromatic N) is 1. The molecule has 0 saturated heterocycles. The van der Waals surface area contributed by atoms with Crippen molar-refractivity contribution in [3.8, 4) is 0 Å². The van der Waals surface area contributed by atoms with Crippen molar-refractivity contribution in [2.24, 2.45) is 0 Å². The third-order valence-electron chi connectivity index (χ3n) is 5.16. The number of ether oxygens (including phenoxy) is 1. The highest BCUT2D eigenvalue weighted by Crippen LogP contribution is 2.39. The van der Waals surface area contributed by atoms with E-state index in [1.807, 2.05) is 5.32 Å². The highest BCUT2D eigenvalue weighted by molar-refractivity contribution is 6.32. The van der Waals surface area contributed by atoms with E-state index in [-0.39, 0.29) is 22.8 Å². The highest BCUT2D eigenvalue weighted by atomic mass is 35.5. The molecule has 0 aliphatic heterocycles. The Bertz CT molecular complexity index is 1180. The predicted octanol–water partition coefficient (Wildman–Crippen LogP) is 5.77. The van der Waals surface area contributed by atoms with E-state index in [4.69, 9.17) is 27.9 Å². The van der Waals surface area contributed by atoms with Gasteiger partial charge < -0.3 is 14.6 Å². The fourth-order valence-electron chi connectivity index (χ4n) is 3.82. The zero-order valence-electron chi connectivity index (χ0n) is 17.8. The van der Waals surface area contributed by atoms with Crippen molar-refractivity contribution in [1.29, 1.82) is 0 Å². The summed E-state index contributed by atoms with van der Waals surface area (Å²) in [6, 6.07) is 2.04. The second-order valence-electron chi connectivity index (χ2n) is 7.63. The van der Waals surface area contributed by atoms with Gasteiger partial charge in [-0.05, 0) is 55.3 Å². The largest absolute Gasteiger partial charge is 0.465 e. The normalized spacial score (nSPS) is 19.7. The van der Waals surface area contributed by atoms with Crippen LogP contribution in [0.4, 0.5) is 17.6 Å². The Morgan fingerprint density at radius 2 is 1.97 bits per heavy atom. The van der Waals surface area contributed by atoms with Gasteiger partial charge in [-0.15, -0.1) is 0 Å². The number of benzene rings is 1. The van der Waals surface area contributed by atoms with E-state index in [1.165, 1.54) is 17.7 Å². The molecule has 1 aliphatic rings. The van der Waals surface area contributed by atoms with Crippen molar-refractivity contribution < 1.29 is 31.9 Å². The monoisotopic (exact) mass is 506 g/mol. The number of rotatable bonds is 5. The first-order chi connectivity index (χ1) is 15.3. The highest BCUT2D eigenvalue weighted by Gasteiger charge is 2.45. The number of carbonyl (C=O) groups is 2. The number of allylic oxidation sites excluding steroid dienone is 2. The van der Waals surface area contributed by atoms with Crippen LogP contribution >= 0.6 is 23.2 Å². The summed E-state index contributed by atoms with van der Waals surface area (Å²) in [6.07, 6.45) is -3.92. The lowest BCUT2D eigenvalue weighted by molar-refractivity contribution is -0.144. The molecule has 0 saturated carbocycles. The lowest BCUT2D eigenvalue weighted by atomic mass is 9.98. The third-order valence-corrected chi connectivity index (χ3v) is 5.65. The van der Waals surface area contributed by atoms with Crippen LogP contribution in [0, 0.1) is 6.92 Å². The molecule has 1 amide bonds. The van der Waals surface area contributed by atoms with Gasteiger partial charge in [-0.3, -0.25) is 4.79 Å². The molecule has 178 valence electrons. The third kappa shape index (κ3) is 5.19. The first kappa shape index (κ1) is 25.1. The Balaban J connectivity index is 2.09. The van der Waals surface area contributed by atoms with Crippen LogP contribution in [0.15, 0.2) is 41.0 Å². The molecule has 1 aromatic heterocycles. The molecule has 2 unspecified atom stereocenters. The van der Waals surface area contributed by atoms with Crippen molar-refractivity contribution in [3.05, 3.63) is 57.8 Å². The number of alkyl halides is 5. The molecule has 33 heavy (non-hydrogen) atoms. The van der Waals surface area contributed by atoms with Crippen LogP contribution in [0.5, 0.6) is 0 Å². The molecule has 0 fully saturated rings. The van der Waals surface area contributed by atoms with Gasteiger partial charge in [0.2, 0.25) is 5.13 Å². The average molecular weight is 507 g/mol. The quantitative estimate of drug-likeness (QED) is 0.318. The minimum atomic E-state index is -4.96. The Morgan fingerprint density at radius 3 is 2.52 bits per heavy atom.